The van der Waals surface area contributed by atoms with E-state index in [2.05, 4.69) is 32.0 Å². The van der Waals surface area contributed by atoms with Crippen molar-refractivity contribution in [1.29, 1.82) is 5.26 Å². The van der Waals surface area contributed by atoms with Crippen molar-refractivity contribution in [3.63, 3.8) is 0 Å². The van der Waals surface area contributed by atoms with Gasteiger partial charge in [0.2, 0.25) is 0 Å². The van der Waals surface area contributed by atoms with Crippen LogP contribution in [0.15, 0.2) is 42.5 Å². The lowest BCUT2D eigenvalue weighted by Crippen LogP contribution is -1.85. The monoisotopic (exact) mass is 267 g/mol. The van der Waals surface area contributed by atoms with Crippen molar-refractivity contribution in [2.24, 2.45) is 0 Å². The van der Waals surface area contributed by atoms with E-state index in [4.69, 9.17) is 11.6 Å². The summed E-state index contributed by atoms with van der Waals surface area (Å²) >= 11 is 5.96. The Kier molecular flexibility index (Phi) is 4.04. The molecule has 94 valence electrons. The molecule has 0 unspecified atom stereocenters. The van der Waals surface area contributed by atoms with Crippen molar-refractivity contribution in [2.45, 2.75) is 13.8 Å². The third kappa shape index (κ3) is 3.24. The van der Waals surface area contributed by atoms with Crippen molar-refractivity contribution in [1.82, 2.24) is 0 Å². The van der Waals surface area contributed by atoms with Gasteiger partial charge in [0.25, 0.3) is 0 Å². The molecule has 2 rings (SSSR count). The maximum absolute atomic E-state index is 9.29. The summed E-state index contributed by atoms with van der Waals surface area (Å²) in [4.78, 5) is 0. The van der Waals surface area contributed by atoms with Gasteiger partial charge in [-0.1, -0.05) is 41.9 Å². The van der Waals surface area contributed by atoms with E-state index in [0.29, 0.717) is 10.6 Å². The molecule has 2 heteroatoms. The summed E-state index contributed by atoms with van der Waals surface area (Å²) < 4.78 is 0. The molecule has 19 heavy (non-hydrogen) atoms. The Balaban J connectivity index is 2.44. The van der Waals surface area contributed by atoms with Gasteiger partial charge in [0.05, 0.1) is 11.6 Å². The Labute approximate surface area is 118 Å². The van der Waals surface area contributed by atoms with E-state index in [0.717, 1.165) is 11.1 Å². The van der Waals surface area contributed by atoms with Gasteiger partial charge in [-0.05, 0) is 54.3 Å². The molecule has 0 aliphatic rings. The molecule has 0 saturated heterocycles. The van der Waals surface area contributed by atoms with E-state index in [-0.39, 0.29) is 0 Å². The highest BCUT2D eigenvalue weighted by Gasteiger charge is 2.02. The van der Waals surface area contributed by atoms with Gasteiger partial charge in [0.1, 0.15) is 0 Å². The van der Waals surface area contributed by atoms with Crippen LogP contribution >= 0.6 is 11.6 Å². The molecule has 0 aromatic heterocycles. The first-order valence-electron chi connectivity index (χ1n) is 6.05. The van der Waals surface area contributed by atoms with E-state index in [1.54, 1.807) is 12.1 Å². The van der Waals surface area contributed by atoms with Gasteiger partial charge in [-0.25, -0.2) is 0 Å². The fourth-order valence-corrected chi connectivity index (χ4v) is 2.05. The standard InChI is InChI=1S/C17H14ClN/c1-12-6-7-14(8-13(12)2)9-16(11-19)15-4-3-5-17(18)10-15/h3-10H,1-2H3. The summed E-state index contributed by atoms with van der Waals surface area (Å²) in [5.74, 6) is 0. The summed E-state index contributed by atoms with van der Waals surface area (Å²) in [7, 11) is 0. The third-order valence-electron chi connectivity index (χ3n) is 3.10. The number of nitriles is 1. The zero-order chi connectivity index (χ0) is 13.8. The highest BCUT2D eigenvalue weighted by Crippen LogP contribution is 2.21. The maximum atomic E-state index is 9.29. The molecule has 2 aromatic rings. The fraction of sp³-hybridized carbons (Fsp3) is 0.118. The first kappa shape index (κ1) is 13.4. The van der Waals surface area contributed by atoms with E-state index in [1.807, 2.05) is 24.3 Å². The van der Waals surface area contributed by atoms with Crippen LogP contribution in [0.2, 0.25) is 5.02 Å². The number of halogens is 1. The van der Waals surface area contributed by atoms with Crippen LogP contribution < -0.4 is 0 Å². The van der Waals surface area contributed by atoms with Gasteiger partial charge in [0.15, 0.2) is 0 Å². The second-order valence-corrected chi connectivity index (χ2v) is 4.96. The average Bonchev–Trinajstić information content (AvgIpc) is 2.40. The van der Waals surface area contributed by atoms with Gasteiger partial charge in [-0.2, -0.15) is 5.26 Å². The maximum Gasteiger partial charge on any atom is 0.0998 e. The van der Waals surface area contributed by atoms with Crippen LogP contribution in [-0.4, -0.2) is 0 Å². The molecule has 0 radical (unpaired) electrons. The van der Waals surface area contributed by atoms with Crippen LogP contribution in [0, 0.1) is 25.2 Å². The zero-order valence-corrected chi connectivity index (χ0v) is 11.7. The van der Waals surface area contributed by atoms with Crippen LogP contribution in [0.4, 0.5) is 0 Å². The molecule has 0 bridgehead atoms. The topological polar surface area (TPSA) is 23.8 Å². The number of aryl methyl sites for hydroxylation is 2. The zero-order valence-electron chi connectivity index (χ0n) is 10.9. The number of allylic oxidation sites excluding steroid dienone is 1. The van der Waals surface area contributed by atoms with Crippen LogP contribution in [0.25, 0.3) is 11.6 Å². The van der Waals surface area contributed by atoms with E-state index >= 15 is 0 Å². The van der Waals surface area contributed by atoms with Gasteiger partial charge in [-0.15, -0.1) is 0 Å². The minimum absolute atomic E-state index is 0.616. The number of hydrogen-bond donors (Lipinski definition) is 0. The largest absolute Gasteiger partial charge is 0.192 e. The molecule has 2 aromatic carbocycles. The molecule has 0 aliphatic carbocycles. The lowest BCUT2D eigenvalue weighted by atomic mass is 10.0. The molecule has 0 saturated carbocycles. The van der Waals surface area contributed by atoms with Crippen molar-refractivity contribution in [3.05, 3.63) is 69.7 Å². The Morgan fingerprint density at radius 3 is 2.53 bits per heavy atom. The number of rotatable bonds is 2. The Morgan fingerprint density at radius 1 is 1.11 bits per heavy atom. The predicted molar refractivity (Wildman–Crippen MR) is 80.9 cm³/mol. The van der Waals surface area contributed by atoms with E-state index < -0.39 is 0 Å². The molecule has 0 amide bonds. The van der Waals surface area contributed by atoms with Crippen LogP contribution in [0.5, 0.6) is 0 Å². The van der Waals surface area contributed by atoms with Gasteiger partial charge in [0, 0.05) is 5.02 Å². The molecule has 1 nitrogen and oxygen atoms in total. The van der Waals surface area contributed by atoms with Gasteiger partial charge >= 0.3 is 0 Å². The minimum atomic E-state index is 0.616. The van der Waals surface area contributed by atoms with Crippen LogP contribution in [0.1, 0.15) is 22.3 Å². The normalized spacial score (nSPS) is 11.2. The molecule has 0 atom stereocenters. The number of benzene rings is 2. The quantitative estimate of drug-likeness (QED) is 0.553. The summed E-state index contributed by atoms with van der Waals surface area (Å²) in [6.45, 7) is 4.14. The average molecular weight is 268 g/mol. The molecule has 0 spiro atoms. The SMILES string of the molecule is Cc1ccc(C=C(C#N)c2cccc(Cl)c2)cc1C. The van der Waals surface area contributed by atoms with Crippen LogP contribution in [-0.2, 0) is 0 Å². The fourth-order valence-electron chi connectivity index (χ4n) is 1.86. The van der Waals surface area contributed by atoms with Crippen molar-refractivity contribution >= 4 is 23.3 Å². The predicted octanol–water partition coefficient (Wildman–Crippen LogP) is 5.02. The van der Waals surface area contributed by atoms with E-state index in [1.165, 1.54) is 11.1 Å². The Bertz CT molecular complexity index is 678. The third-order valence-corrected chi connectivity index (χ3v) is 3.33. The van der Waals surface area contributed by atoms with Crippen LogP contribution in [0.3, 0.4) is 0 Å². The minimum Gasteiger partial charge on any atom is -0.192 e. The Morgan fingerprint density at radius 2 is 1.89 bits per heavy atom. The summed E-state index contributed by atoms with van der Waals surface area (Å²) in [5, 5.41) is 9.93. The highest BCUT2D eigenvalue weighted by atomic mass is 35.5. The smallest absolute Gasteiger partial charge is 0.0998 e. The van der Waals surface area contributed by atoms with Crippen molar-refractivity contribution in [2.75, 3.05) is 0 Å². The van der Waals surface area contributed by atoms with Crippen molar-refractivity contribution < 1.29 is 0 Å². The molecule has 0 N–H and O–H groups in total. The second-order valence-electron chi connectivity index (χ2n) is 4.52. The Hall–Kier alpha value is -2.04. The molecular formula is C17H14ClN. The van der Waals surface area contributed by atoms with E-state index in [9.17, 15) is 5.26 Å². The van der Waals surface area contributed by atoms with Gasteiger partial charge < -0.3 is 0 Å². The highest BCUT2D eigenvalue weighted by molar-refractivity contribution is 6.30. The first-order valence-corrected chi connectivity index (χ1v) is 6.43. The summed E-state index contributed by atoms with van der Waals surface area (Å²) in [6.07, 6.45) is 1.89. The second kappa shape index (κ2) is 5.73. The van der Waals surface area contributed by atoms with Crippen molar-refractivity contribution in [3.8, 4) is 6.07 Å². The number of nitrogens with zero attached hydrogens (tertiary/aromatic N) is 1. The molecule has 0 fully saturated rings. The molecule has 0 aliphatic heterocycles. The molecule has 0 heterocycles. The summed E-state index contributed by atoms with van der Waals surface area (Å²) in [6, 6.07) is 15.7. The molecular weight excluding hydrogens is 254 g/mol. The lowest BCUT2D eigenvalue weighted by molar-refractivity contribution is 1.33. The lowest BCUT2D eigenvalue weighted by Gasteiger charge is -2.03. The summed E-state index contributed by atoms with van der Waals surface area (Å²) in [5.41, 5.74) is 4.95. The first-order chi connectivity index (χ1) is 9.10. The van der Waals surface area contributed by atoms with Gasteiger partial charge in [-0.3, -0.25) is 0 Å². The number of hydrogen-bond acceptors (Lipinski definition) is 1.